The second kappa shape index (κ2) is 5.83. The van der Waals surface area contributed by atoms with Crippen LogP contribution in [-0.4, -0.2) is 17.9 Å². The van der Waals surface area contributed by atoms with E-state index in [2.05, 4.69) is 5.32 Å². The van der Waals surface area contributed by atoms with Crippen molar-refractivity contribution >= 4 is 23.2 Å². The van der Waals surface area contributed by atoms with Gasteiger partial charge >= 0.3 is 0 Å². The van der Waals surface area contributed by atoms with Crippen molar-refractivity contribution in [1.82, 2.24) is 0 Å². The molecule has 0 bridgehead atoms. The maximum atomic E-state index is 13.0. The topological polar surface area (TPSA) is 49.4 Å². The number of rotatable bonds is 3. The quantitative estimate of drug-likeness (QED) is 0.886. The van der Waals surface area contributed by atoms with Crippen molar-refractivity contribution in [3.8, 4) is 0 Å². The number of benzene rings is 2. The predicted octanol–water partition coefficient (Wildman–Crippen LogP) is 3.19. The van der Waals surface area contributed by atoms with Crippen molar-refractivity contribution in [3.63, 3.8) is 0 Å². The van der Waals surface area contributed by atoms with Crippen molar-refractivity contribution in [3.05, 3.63) is 59.4 Å². The molecular formula is C18H17FN2O2. The van der Waals surface area contributed by atoms with Crippen LogP contribution in [0, 0.1) is 19.7 Å². The molecule has 1 saturated heterocycles. The van der Waals surface area contributed by atoms with Crippen molar-refractivity contribution in [2.45, 2.75) is 26.3 Å². The fourth-order valence-corrected chi connectivity index (χ4v) is 2.64. The third kappa shape index (κ3) is 2.95. The van der Waals surface area contributed by atoms with Crippen molar-refractivity contribution < 1.29 is 14.0 Å². The van der Waals surface area contributed by atoms with Gasteiger partial charge in [0.05, 0.1) is 12.1 Å². The van der Waals surface area contributed by atoms with Gasteiger partial charge in [-0.25, -0.2) is 9.29 Å². The Morgan fingerprint density at radius 1 is 1.04 bits per heavy atom. The molecule has 2 aromatic rings. The summed E-state index contributed by atoms with van der Waals surface area (Å²) in [5.74, 6) is -1.01. The number of carbonyl (C=O) groups is 2. The molecule has 2 amide bonds. The van der Waals surface area contributed by atoms with Crippen molar-refractivity contribution in [1.29, 1.82) is 0 Å². The molecule has 1 N–H and O–H groups in total. The summed E-state index contributed by atoms with van der Waals surface area (Å²) in [5, 5.41) is 3.11. The molecule has 4 nitrogen and oxygen atoms in total. The number of hydrogen-bond donors (Lipinski definition) is 1. The Morgan fingerprint density at radius 3 is 2.39 bits per heavy atom. The third-order valence-corrected chi connectivity index (χ3v) is 4.08. The highest BCUT2D eigenvalue weighted by molar-refractivity contribution is 6.23. The standard InChI is InChI=1S/C18H17FN2O2/c1-11-3-6-14(9-12(11)2)20-16-10-17(22)21(18(16)23)15-7-4-13(19)5-8-15/h3-9,16,20H,10H2,1-2H3/t16-/m0/s1. The lowest BCUT2D eigenvalue weighted by atomic mass is 10.1. The monoisotopic (exact) mass is 312 g/mol. The summed E-state index contributed by atoms with van der Waals surface area (Å²) in [5.41, 5.74) is 3.48. The summed E-state index contributed by atoms with van der Waals surface area (Å²) in [6.45, 7) is 4.01. The Balaban J connectivity index is 1.80. The van der Waals surface area contributed by atoms with Crippen molar-refractivity contribution in [2.24, 2.45) is 0 Å². The molecule has 23 heavy (non-hydrogen) atoms. The van der Waals surface area contributed by atoms with Crippen LogP contribution >= 0.6 is 0 Å². The van der Waals surface area contributed by atoms with Gasteiger partial charge in [0.1, 0.15) is 11.9 Å². The zero-order valence-electron chi connectivity index (χ0n) is 13.0. The van der Waals surface area contributed by atoms with Gasteiger partial charge in [-0.1, -0.05) is 6.07 Å². The van der Waals surface area contributed by atoms with E-state index in [0.29, 0.717) is 5.69 Å². The molecule has 1 aliphatic heterocycles. The van der Waals surface area contributed by atoms with E-state index in [1.807, 2.05) is 32.0 Å². The molecule has 0 aromatic heterocycles. The predicted molar refractivity (Wildman–Crippen MR) is 86.8 cm³/mol. The molecule has 0 aliphatic carbocycles. The molecule has 5 heteroatoms. The van der Waals surface area contributed by atoms with E-state index in [-0.39, 0.29) is 18.2 Å². The number of hydrogen-bond acceptors (Lipinski definition) is 3. The van der Waals surface area contributed by atoms with E-state index in [1.54, 1.807) is 0 Å². The van der Waals surface area contributed by atoms with E-state index in [0.717, 1.165) is 21.7 Å². The SMILES string of the molecule is Cc1ccc(N[C@H]2CC(=O)N(c3ccc(F)cc3)C2=O)cc1C. The molecule has 2 aromatic carbocycles. The van der Waals surface area contributed by atoms with Crippen LogP contribution in [-0.2, 0) is 9.59 Å². The van der Waals surface area contributed by atoms with Crippen LogP contribution in [0.25, 0.3) is 0 Å². The first kappa shape index (κ1) is 15.2. The van der Waals surface area contributed by atoms with Gasteiger partial charge in [-0.15, -0.1) is 0 Å². The van der Waals surface area contributed by atoms with Gasteiger partial charge in [0.25, 0.3) is 5.91 Å². The Labute approximate surface area is 133 Å². The molecule has 0 saturated carbocycles. The smallest absolute Gasteiger partial charge is 0.256 e. The zero-order valence-corrected chi connectivity index (χ0v) is 13.0. The molecule has 1 fully saturated rings. The molecule has 0 unspecified atom stereocenters. The van der Waals surface area contributed by atoms with Crippen LogP contribution in [0.1, 0.15) is 17.5 Å². The molecule has 118 valence electrons. The minimum absolute atomic E-state index is 0.0864. The Bertz CT molecular complexity index is 771. The molecule has 1 atom stereocenters. The summed E-state index contributed by atoms with van der Waals surface area (Å²) < 4.78 is 13.0. The lowest BCUT2D eigenvalue weighted by molar-refractivity contribution is -0.121. The minimum atomic E-state index is -0.602. The summed E-state index contributed by atoms with van der Waals surface area (Å²) in [4.78, 5) is 25.8. The van der Waals surface area contributed by atoms with Gasteiger partial charge in [-0.05, 0) is 61.4 Å². The molecule has 1 heterocycles. The normalized spacial score (nSPS) is 17.7. The van der Waals surface area contributed by atoms with Gasteiger partial charge in [-0.2, -0.15) is 0 Å². The Hall–Kier alpha value is -2.69. The fourth-order valence-electron chi connectivity index (χ4n) is 2.64. The van der Waals surface area contributed by atoms with Crippen LogP contribution in [0.3, 0.4) is 0 Å². The second-order valence-corrected chi connectivity index (χ2v) is 5.74. The first-order chi connectivity index (χ1) is 11.0. The van der Waals surface area contributed by atoms with Gasteiger partial charge in [0.15, 0.2) is 0 Å². The fraction of sp³-hybridized carbons (Fsp3) is 0.222. The number of nitrogens with zero attached hydrogens (tertiary/aromatic N) is 1. The maximum Gasteiger partial charge on any atom is 0.256 e. The maximum absolute atomic E-state index is 13.0. The second-order valence-electron chi connectivity index (χ2n) is 5.74. The molecule has 0 radical (unpaired) electrons. The highest BCUT2D eigenvalue weighted by Crippen LogP contribution is 2.25. The van der Waals surface area contributed by atoms with E-state index < -0.39 is 11.9 Å². The van der Waals surface area contributed by atoms with Gasteiger partial charge in [0, 0.05) is 5.69 Å². The number of anilines is 2. The first-order valence-corrected chi connectivity index (χ1v) is 7.42. The summed E-state index contributed by atoms with van der Waals surface area (Å²) in [6, 6.07) is 10.5. The molecule has 0 spiro atoms. The number of amides is 2. The number of aryl methyl sites for hydroxylation is 2. The van der Waals surface area contributed by atoms with Crippen LogP contribution in [0.4, 0.5) is 15.8 Å². The Kier molecular flexibility index (Phi) is 3.86. The summed E-state index contributed by atoms with van der Waals surface area (Å²) >= 11 is 0. The lowest BCUT2D eigenvalue weighted by Crippen LogP contribution is -2.34. The zero-order chi connectivity index (χ0) is 16.6. The average molecular weight is 312 g/mol. The third-order valence-electron chi connectivity index (χ3n) is 4.08. The highest BCUT2D eigenvalue weighted by atomic mass is 19.1. The van der Waals surface area contributed by atoms with E-state index >= 15 is 0 Å². The first-order valence-electron chi connectivity index (χ1n) is 7.42. The number of imide groups is 1. The lowest BCUT2D eigenvalue weighted by Gasteiger charge is -2.16. The summed E-state index contributed by atoms with van der Waals surface area (Å²) in [7, 11) is 0. The number of carbonyl (C=O) groups excluding carboxylic acids is 2. The van der Waals surface area contributed by atoms with Crippen LogP contribution in [0.15, 0.2) is 42.5 Å². The van der Waals surface area contributed by atoms with Gasteiger partial charge in [-0.3, -0.25) is 9.59 Å². The average Bonchev–Trinajstić information content (AvgIpc) is 2.79. The largest absolute Gasteiger partial charge is 0.373 e. The molecule has 1 aliphatic rings. The Morgan fingerprint density at radius 2 is 1.74 bits per heavy atom. The van der Waals surface area contributed by atoms with E-state index in [1.165, 1.54) is 24.3 Å². The van der Waals surface area contributed by atoms with Gasteiger partial charge in [0.2, 0.25) is 5.91 Å². The number of halogens is 1. The van der Waals surface area contributed by atoms with Gasteiger partial charge < -0.3 is 5.32 Å². The van der Waals surface area contributed by atoms with Crippen LogP contribution < -0.4 is 10.2 Å². The molecular weight excluding hydrogens is 295 g/mol. The van der Waals surface area contributed by atoms with E-state index in [9.17, 15) is 14.0 Å². The van der Waals surface area contributed by atoms with Crippen LogP contribution in [0.5, 0.6) is 0 Å². The van der Waals surface area contributed by atoms with Crippen LogP contribution in [0.2, 0.25) is 0 Å². The summed E-state index contributed by atoms with van der Waals surface area (Å²) in [6.07, 6.45) is 0.0864. The van der Waals surface area contributed by atoms with E-state index in [4.69, 9.17) is 0 Å². The minimum Gasteiger partial charge on any atom is -0.373 e. The van der Waals surface area contributed by atoms with Crippen molar-refractivity contribution in [2.75, 3.05) is 10.2 Å². The highest BCUT2D eigenvalue weighted by Gasteiger charge is 2.39. The number of nitrogens with one attached hydrogen (secondary N) is 1. The molecule has 3 rings (SSSR count).